The fraction of sp³-hybridized carbons (Fsp3) is 0.182. The number of nitrogens with one attached hydrogen (secondary N) is 2. The van der Waals surface area contributed by atoms with Gasteiger partial charge in [0.25, 0.3) is 5.56 Å². The van der Waals surface area contributed by atoms with E-state index in [0.29, 0.717) is 12.2 Å². The number of H-pyrrole nitrogens is 1. The van der Waals surface area contributed by atoms with Crippen LogP contribution in [0.1, 0.15) is 5.69 Å². The summed E-state index contributed by atoms with van der Waals surface area (Å²) in [7, 11) is 1.80. The maximum atomic E-state index is 12.7. The second-order valence-corrected chi connectivity index (χ2v) is 3.46. The topological polar surface area (TPSA) is 49.8 Å². The van der Waals surface area contributed by atoms with Gasteiger partial charge in [0.15, 0.2) is 0 Å². The summed E-state index contributed by atoms with van der Waals surface area (Å²) < 4.78 is 14.1. The predicted octanol–water partition coefficient (Wildman–Crippen LogP) is 1.02. The van der Waals surface area contributed by atoms with Crippen LogP contribution in [0.15, 0.2) is 35.1 Å². The van der Waals surface area contributed by atoms with Gasteiger partial charge in [-0.25, -0.2) is 9.07 Å². The molecule has 0 radical (unpaired) electrons. The Morgan fingerprint density at radius 3 is 2.69 bits per heavy atom. The molecule has 4 nitrogen and oxygen atoms in total. The number of hydrogen-bond donors (Lipinski definition) is 2. The van der Waals surface area contributed by atoms with E-state index in [1.54, 1.807) is 19.2 Å². The van der Waals surface area contributed by atoms with Gasteiger partial charge < -0.3 is 5.32 Å². The molecule has 0 bridgehead atoms. The van der Waals surface area contributed by atoms with Crippen LogP contribution in [0.2, 0.25) is 0 Å². The van der Waals surface area contributed by atoms with Crippen molar-refractivity contribution in [3.8, 4) is 5.69 Å². The highest BCUT2D eigenvalue weighted by molar-refractivity contribution is 5.31. The van der Waals surface area contributed by atoms with E-state index in [4.69, 9.17) is 0 Å². The lowest BCUT2D eigenvalue weighted by Crippen LogP contribution is -2.13. The van der Waals surface area contributed by atoms with Gasteiger partial charge in [-0.15, -0.1) is 0 Å². The summed E-state index contributed by atoms with van der Waals surface area (Å²) in [6.45, 7) is 0.587. The third kappa shape index (κ3) is 2.04. The molecule has 2 rings (SSSR count). The van der Waals surface area contributed by atoms with Crippen molar-refractivity contribution < 1.29 is 4.39 Å². The lowest BCUT2D eigenvalue weighted by Gasteiger charge is -2.01. The van der Waals surface area contributed by atoms with Crippen LogP contribution in [0.3, 0.4) is 0 Å². The number of benzene rings is 1. The predicted molar refractivity (Wildman–Crippen MR) is 59.1 cm³/mol. The van der Waals surface area contributed by atoms with E-state index >= 15 is 0 Å². The summed E-state index contributed by atoms with van der Waals surface area (Å²) in [6.07, 6.45) is 0. The molecular formula is C11H12FN3O. The summed E-state index contributed by atoms with van der Waals surface area (Å²) in [4.78, 5) is 11.6. The Bertz CT molecular complexity index is 527. The molecule has 0 aliphatic carbocycles. The SMILES string of the molecule is CNCc1cc(=O)n(-c2ccc(F)cc2)[nH]1. The van der Waals surface area contributed by atoms with Crippen molar-refractivity contribution in [2.24, 2.45) is 0 Å². The molecule has 0 atom stereocenters. The van der Waals surface area contributed by atoms with E-state index < -0.39 is 0 Å². The van der Waals surface area contributed by atoms with Gasteiger partial charge in [0.05, 0.1) is 11.4 Å². The lowest BCUT2D eigenvalue weighted by molar-refractivity contribution is 0.626. The minimum atomic E-state index is -0.321. The second-order valence-electron chi connectivity index (χ2n) is 3.46. The summed E-state index contributed by atoms with van der Waals surface area (Å²) in [5, 5.41) is 5.88. The van der Waals surface area contributed by atoms with Crippen LogP contribution < -0.4 is 10.9 Å². The van der Waals surface area contributed by atoms with Crippen molar-refractivity contribution in [3.63, 3.8) is 0 Å². The van der Waals surface area contributed by atoms with Gasteiger partial charge in [-0.2, -0.15) is 0 Å². The molecule has 1 aromatic heterocycles. The fourth-order valence-electron chi connectivity index (χ4n) is 1.51. The van der Waals surface area contributed by atoms with Crippen molar-refractivity contribution in [1.82, 2.24) is 15.1 Å². The number of aromatic nitrogens is 2. The van der Waals surface area contributed by atoms with Crippen LogP contribution in [0.25, 0.3) is 5.69 Å². The van der Waals surface area contributed by atoms with Gasteiger partial charge in [-0.1, -0.05) is 0 Å². The molecule has 0 aliphatic heterocycles. The monoisotopic (exact) mass is 221 g/mol. The highest BCUT2D eigenvalue weighted by atomic mass is 19.1. The van der Waals surface area contributed by atoms with Crippen molar-refractivity contribution in [3.05, 3.63) is 52.2 Å². The molecule has 5 heteroatoms. The molecule has 84 valence electrons. The number of aromatic amines is 1. The zero-order chi connectivity index (χ0) is 11.5. The third-order valence-corrected chi connectivity index (χ3v) is 2.23. The zero-order valence-electron chi connectivity index (χ0n) is 8.83. The normalized spacial score (nSPS) is 10.6. The van der Waals surface area contributed by atoms with E-state index in [1.165, 1.54) is 22.9 Å². The second kappa shape index (κ2) is 4.32. The highest BCUT2D eigenvalue weighted by Gasteiger charge is 2.04. The van der Waals surface area contributed by atoms with Gasteiger partial charge in [-0.05, 0) is 31.3 Å². The maximum absolute atomic E-state index is 12.7. The molecule has 2 N–H and O–H groups in total. The highest BCUT2D eigenvalue weighted by Crippen LogP contribution is 2.06. The average molecular weight is 221 g/mol. The minimum Gasteiger partial charge on any atom is -0.314 e. The Hall–Kier alpha value is -1.88. The molecule has 0 fully saturated rings. The van der Waals surface area contributed by atoms with Crippen molar-refractivity contribution >= 4 is 0 Å². The molecule has 0 saturated heterocycles. The Kier molecular flexibility index (Phi) is 2.87. The van der Waals surface area contributed by atoms with Crippen LogP contribution >= 0.6 is 0 Å². The number of rotatable bonds is 3. The summed E-state index contributed by atoms with van der Waals surface area (Å²) >= 11 is 0. The molecule has 0 saturated carbocycles. The molecule has 0 spiro atoms. The van der Waals surface area contributed by atoms with E-state index in [0.717, 1.165) is 5.69 Å². The number of hydrogen-bond acceptors (Lipinski definition) is 2. The minimum absolute atomic E-state index is 0.156. The largest absolute Gasteiger partial charge is 0.314 e. The summed E-state index contributed by atoms with van der Waals surface area (Å²) in [5.74, 6) is -0.321. The molecular weight excluding hydrogens is 209 g/mol. The van der Waals surface area contributed by atoms with Crippen molar-refractivity contribution in [1.29, 1.82) is 0 Å². The third-order valence-electron chi connectivity index (χ3n) is 2.23. The Labute approximate surface area is 91.7 Å². The molecule has 0 aliphatic rings. The first-order valence-corrected chi connectivity index (χ1v) is 4.92. The van der Waals surface area contributed by atoms with E-state index in [9.17, 15) is 9.18 Å². The molecule has 1 heterocycles. The first kappa shape index (κ1) is 10.6. The van der Waals surface area contributed by atoms with Crippen LogP contribution in [0.5, 0.6) is 0 Å². The zero-order valence-corrected chi connectivity index (χ0v) is 8.83. The van der Waals surface area contributed by atoms with Crippen LogP contribution in [-0.2, 0) is 6.54 Å². The summed E-state index contributed by atoms with van der Waals surface area (Å²) in [5.41, 5.74) is 1.25. The van der Waals surface area contributed by atoms with E-state index in [1.807, 2.05) is 0 Å². The number of nitrogens with zero attached hydrogens (tertiary/aromatic N) is 1. The van der Waals surface area contributed by atoms with Gasteiger partial charge in [0.2, 0.25) is 0 Å². The van der Waals surface area contributed by atoms with Gasteiger partial charge in [0, 0.05) is 12.6 Å². The van der Waals surface area contributed by atoms with E-state index in [2.05, 4.69) is 10.4 Å². The van der Waals surface area contributed by atoms with E-state index in [-0.39, 0.29) is 11.4 Å². The number of halogens is 1. The molecule has 0 amide bonds. The molecule has 16 heavy (non-hydrogen) atoms. The van der Waals surface area contributed by atoms with Crippen LogP contribution in [0, 0.1) is 5.82 Å². The summed E-state index contributed by atoms with van der Waals surface area (Å²) in [6, 6.07) is 7.26. The van der Waals surface area contributed by atoms with Gasteiger partial charge >= 0.3 is 0 Å². The van der Waals surface area contributed by atoms with Gasteiger partial charge in [0.1, 0.15) is 5.82 Å². The average Bonchev–Trinajstić information content (AvgIpc) is 2.61. The molecule has 1 aromatic carbocycles. The lowest BCUT2D eigenvalue weighted by atomic mass is 10.3. The van der Waals surface area contributed by atoms with Crippen molar-refractivity contribution in [2.75, 3.05) is 7.05 Å². The first-order valence-electron chi connectivity index (χ1n) is 4.92. The quantitative estimate of drug-likeness (QED) is 0.813. The Morgan fingerprint density at radius 1 is 1.38 bits per heavy atom. The van der Waals surface area contributed by atoms with Crippen LogP contribution in [0.4, 0.5) is 4.39 Å². The Balaban J connectivity index is 2.40. The molecule has 0 unspecified atom stereocenters. The first-order chi connectivity index (χ1) is 7.70. The van der Waals surface area contributed by atoms with Crippen LogP contribution in [-0.4, -0.2) is 16.8 Å². The van der Waals surface area contributed by atoms with Gasteiger partial charge in [-0.3, -0.25) is 9.89 Å². The smallest absolute Gasteiger partial charge is 0.271 e. The Morgan fingerprint density at radius 2 is 2.06 bits per heavy atom. The standard InChI is InChI=1S/C11H12FN3O/c1-13-7-9-6-11(16)15(14-9)10-4-2-8(12)3-5-10/h2-6,13-14H,7H2,1H3. The fourth-order valence-corrected chi connectivity index (χ4v) is 1.51. The maximum Gasteiger partial charge on any atom is 0.271 e. The van der Waals surface area contributed by atoms with Crippen molar-refractivity contribution in [2.45, 2.75) is 6.54 Å². The molecule has 2 aromatic rings.